The average Bonchev–Trinajstić information content (AvgIpc) is 2.75. The summed E-state index contributed by atoms with van der Waals surface area (Å²) in [5, 5.41) is 9.02. The Morgan fingerprint density at radius 1 is 1.35 bits per heavy atom. The molecule has 2 N–H and O–H groups in total. The van der Waals surface area contributed by atoms with E-state index in [1.807, 2.05) is 19.0 Å². The molecule has 1 atom stereocenters. The number of hydrogen-bond acceptors (Lipinski definition) is 5. The van der Waals surface area contributed by atoms with Gasteiger partial charge >= 0.3 is 0 Å². The maximum absolute atomic E-state index is 12.3. The Morgan fingerprint density at radius 3 is 2.45 bits per heavy atom. The third kappa shape index (κ3) is 5.49. The van der Waals surface area contributed by atoms with Crippen molar-refractivity contribution in [2.24, 2.45) is 5.92 Å². The molecule has 0 saturated carbocycles. The molecule has 7 heteroatoms. The van der Waals surface area contributed by atoms with Gasteiger partial charge in [-0.3, -0.25) is 0 Å². The van der Waals surface area contributed by atoms with E-state index in [1.54, 1.807) is 12.1 Å². The van der Waals surface area contributed by atoms with Crippen molar-refractivity contribution in [3.05, 3.63) is 17.0 Å². The van der Waals surface area contributed by atoms with Gasteiger partial charge in [-0.15, -0.1) is 11.3 Å². The van der Waals surface area contributed by atoms with E-state index in [-0.39, 0.29) is 16.9 Å². The third-order valence-corrected chi connectivity index (χ3v) is 5.80. The van der Waals surface area contributed by atoms with Gasteiger partial charge in [0.15, 0.2) is 0 Å². The van der Waals surface area contributed by atoms with E-state index in [1.165, 1.54) is 0 Å². The molecule has 116 valence electrons. The van der Waals surface area contributed by atoms with E-state index in [2.05, 4.69) is 18.6 Å². The SMILES string of the molecule is CC(C)CC(CN(C)C)NS(=O)(=O)c1ccc(CO)s1. The highest BCUT2D eigenvalue weighted by molar-refractivity contribution is 7.91. The zero-order chi connectivity index (χ0) is 15.3. The van der Waals surface area contributed by atoms with Crippen LogP contribution in [0.4, 0.5) is 0 Å². The number of aliphatic hydroxyl groups excluding tert-OH is 1. The van der Waals surface area contributed by atoms with Gasteiger partial charge in [0, 0.05) is 17.5 Å². The number of hydrogen-bond donors (Lipinski definition) is 2. The summed E-state index contributed by atoms with van der Waals surface area (Å²) in [5.41, 5.74) is 0. The van der Waals surface area contributed by atoms with Crippen LogP contribution >= 0.6 is 11.3 Å². The first-order chi connectivity index (χ1) is 9.24. The lowest BCUT2D eigenvalue weighted by Gasteiger charge is -2.23. The van der Waals surface area contributed by atoms with Crippen molar-refractivity contribution in [3.8, 4) is 0 Å². The van der Waals surface area contributed by atoms with Crippen molar-refractivity contribution >= 4 is 21.4 Å². The smallest absolute Gasteiger partial charge is 0.250 e. The van der Waals surface area contributed by atoms with Gasteiger partial charge in [0.1, 0.15) is 4.21 Å². The Morgan fingerprint density at radius 2 is 2.00 bits per heavy atom. The van der Waals surface area contributed by atoms with Crippen LogP contribution < -0.4 is 4.72 Å². The maximum Gasteiger partial charge on any atom is 0.250 e. The third-order valence-electron chi connectivity index (χ3n) is 2.72. The second kappa shape index (κ2) is 7.51. The summed E-state index contributed by atoms with van der Waals surface area (Å²) in [6.45, 7) is 4.68. The summed E-state index contributed by atoms with van der Waals surface area (Å²) in [5.74, 6) is 0.416. The summed E-state index contributed by atoms with van der Waals surface area (Å²) in [4.78, 5) is 2.63. The summed E-state index contributed by atoms with van der Waals surface area (Å²) in [6, 6.07) is 3.07. The number of rotatable bonds is 8. The first-order valence-electron chi connectivity index (χ1n) is 6.61. The van der Waals surface area contributed by atoms with Crippen LogP contribution in [-0.2, 0) is 16.6 Å². The summed E-state index contributed by atoms with van der Waals surface area (Å²) < 4.78 is 27.7. The molecule has 1 rings (SSSR count). The molecule has 1 aromatic heterocycles. The van der Waals surface area contributed by atoms with Crippen LogP contribution in [0.1, 0.15) is 25.1 Å². The Kier molecular flexibility index (Phi) is 6.60. The molecule has 0 aromatic carbocycles. The summed E-state index contributed by atoms with van der Waals surface area (Å²) in [6.07, 6.45) is 0.787. The normalized spacial score (nSPS) is 14.2. The fourth-order valence-electron chi connectivity index (χ4n) is 2.03. The second-order valence-electron chi connectivity index (χ2n) is 5.59. The van der Waals surface area contributed by atoms with Crippen molar-refractivity contribution in [2.45, 2.75) is 37.1 Å². The minimum atomic E-state index is -3.51. The van der Waals surface area contributed by atoms with Crippen molar-refractivity contribution in [1.29, 1.82) is 0 Å². The first-order valence-corrected chi connectivity index (χ1v) is 8.91. The monoisotopic (exact) mass is 320 g/mol. The lowest BCUT2D eigenvalue weighted by molar-refractivity contribution is 0.285. The number of thiophene rings is 1. The van der Waals surface area contributed by atoms with Gasteiger partial charge in [0.2, 0.25) is 10.0 Å². The zero-order valence-corrected chi connectivity index (χ0v) is 14.1. The fourth-order valence-corrected chi connectivity index (χ4v) is 4.51. The molecular formula is C13H24N2O3S2. The van der Waals surface area contributed by atoms with Crippen LogP contribution in [0.5, 0.6) is 0 Å². The summed E-state index contributed by atoms with van der Waals surface area (Å²) >= 11 is 1.11. The van der Waals surface area contributed by atoms with Crippen LogP contribution in [0, 0.1) is 5.92 Å². The molecule has 0 saturated heterocycles. The topological polar surface area (TPSA) is 69.6 Å². The number of likely N-dealkylation sites (N-methyl/N-ethyl adjacent to an activating group) is 1. The molecule has 0 aliphatic carbocycles. The van der Waals surface area contributed by atoms with Gasteiger partial charge in [-0.05, 0) is 38.6 Å². The predicted octanol–water partition coefficient (Wildman–Crippen LogP) is 1.49. The Bertz CT molecular complexity index is 499. The predicted molar refractivity (Wildman–Crippen MR) is 82.4 cm³/mol. The van der Waals surface area contributed by atoms with Crippen molar-refractivity contribution in [2.75, 3.05) is 20.6 Å². The molecule has 1 aromatic rings. The van der Waals surface area contributed by atoms with Crippen LogP contribution in [0.3, 0.4) is 0 Å². The standard InChI is InChI=1S/C13H24N2O3S2/c1-10(2)7-11(8-15(3)4)14-20(17,18)13-6-5-12(9-16)19-13/h5-6,10-11,14,16H,7-9H2,1-4H3. The quantitative estimate of drug-likeness (QED) is 0.761. The lowest BCUT2D eigenvalue weighted by Crippen LogP contribution is -2.42. The molecule has 0 spiro atoms. The van der Waals surface area contributed by atoms with Crippen LogP contribution in [0.25, 0.3) is 0 Å². The van der Waals surface area contributed by atoms with Gasteiger partial charge in [-0.1, -0.05) is 13.8 Å². The van der Waals surface area contributed by atoms with Gasteiger partial charge in [-0.25, -0.2) is 13.1 Å². The highest BCUT2D eigenvalue weighted by Gasteiger charge is 2.22. The van der Waals surface area contributed by atoms with Crippen LogP contribution in [0.2, 0.25) is 0 Å². The molecule has 0 amide bonds. The number of nitrogens with one attached hydrogen (secondary N) is 1. The van der Waals surface area contributed by atoms with E-state index in [0.717, 1.165) is 17.8 Å². The molecule has 20 heavy (non-hydrogen) atoms. The molecule has 0 bridgehead atoms. The lowest BCUT2D eigenvalue weighted by atomic mass is 10.0. The molecule has 0 fully saturated rings. The molecular weight excluding hydrogens is 296 g/mol. The van der Waals surface area contributed by atoms with Gasteiger partial charge in [0.25, 0.3) is 0 Å². The van der Waals surface area contributed by atoms with Crippen LogP contribution in [-0.4, -0.2) is 45.1 Å². The highest BCUT2D eigenvalue weighted by Crippen LogP contribution is 2.22. The molecule has 0 aliphatic rings. The van der Waals surface area contributed by atoms with Crippen LogP contribution in [0.15, 0.2) is 16.3 Å². The molecule has 0 aliphatic heterocycles. The van der Waals surface area contributed by atoms with Gasteiger partial charge < -0.3 is 10.0 Å². The van der Waals surface area contributed by atoms with E-state index >= 15 is 0 Å². The van der Waals surface area contributed by atoms with E-state index in [4.69, 9.17) is 5.11 Å². The minimum Gasteiger partial charge on any atom is -0.391 e. The molecule has 0 radical (unpaired) electrons. The van der Waals surface area contributed by atoms with E-state index < -0.39 is 10.0 Å². The largest absolute Gasteiger partial charge is 0.391 e. The van der Waals surface area contributed by atoms with E-state index in [0.29, 0.717) is 17.3 Å². The first kappa shape index (κ1) is 17.6. The Balaban J connectivity index is 2.84. The summed E-state index contributed by atoms with van der Waals surface area (Å²) in [7, 11) is 0.345. The molecule has 1 heterocycles. The number of nitrogens with zero attached hydrogens (tertiary/aromatic N) is 1. The fraction of sp³-hybridized carbons (Fsp3) is 0.692. The average molecular weight is 320 g/mol. The second-order valence-corrected chi connectivity index (χ2v) is 8.70. The Hall–Kier alpha value is -0.470. The van der Waals surface area contributed by atoms with Crippen molar-refractivity contribution in [3.63, 3.8) is 0 Å². The van der Waals surface area contributed by atoms with Crippen molar-refractivity contribution < 1.29 is 13.5 Å². The number of sulfonamides is 1. The minimum absolute atomic E-state index is 0.116. The van der Waals surface area contributed by atoms with Gasteiger partial charge in [-0.2, -0.15) is 0 Å². The van der Waals surface area contributed by atoms with E-state index in [9.17, 15) is 8.42 Å². The number of aliphatic hydroxyl groups is 1. The maximum atomic E-state index is 12.3. The van der Waals surface area contributed by atoms with Crippen molar-refractivity contribution in [1.82, 2.24) is 9.62 Å². The zero-order valence-electron chi connectivity index (χ0n) is 12.5. The highest BCUT2D eigenvalue weighted by atomic mass is 32.2. The Labute approximate surface area is 125 Å². The molecule has 1 unspecified atom stereocenters. The van der Waals surface area contributed by atoms with Gasteiger partial charge in [0.05, 0.1) is 6.61 Å². The molecule has 5 nitrogen and oxygen atoms in total.